The zero-order valence-electron chi connectivity index (χ0n) is 11.1. The number of allylic oxidation sites excluding steroid dienone is 1. The van der Waals surface area contributed by atoms with Crippen LogP contribution in [0.4, 0.5) is 0 Å². The van der Waals surface area contributed by atoms with Crippen LogP contribution in [0.5, 0.6) is 0 Å². The number of hydrogen-bond donors (Lipinski definition) is 1. The maximum absolute atomic E-state index is 6.33. The Labute approximate surface area is 124 Å². The predicted molar refractivity (Wildman–Crippen MR) is 84.2 cm³/mol. The fraction of sp³-hybridized carbons (Fsp3) is 0.467. The van der Waals surface area contributed by atoms with Crippen molar-refractivity contribution in [3.8, 4) is 0 Å². The first-order valence-corrected chi connectivity index (χ1v) is 7.54. The molecule has 0 aliphatic rings. The van der Waals surface area contributed by atoms with Crippen molar-refractivity contribution < 1.29 is 0 Å². The molecule has 1 rings (SSSR count). The summed E-state index contributed by atoms with van der Waals surface area (Å²) in [6.45, 7) is 9.22. The molecule has 0 amide bonds. The molecule has 3 heteroatoms. The second-order valence-corrected chi connectivity index (χ2v) is 5.99. The minimum absolute atomic E-state index is 0.308. The summed E-state index contributed by atoms with van der Waals surface area (Å²) in [6.07, 6.45) is 3.18. The fourth-order valence-electron chi connectivity index (χ4n) is 1.86. The first-order chi connectivity index (χ1) is 8.54. The van der Waals surface area contributed by atoms with Gasteiger partial charge in [-0.2, -0.15) is 0 Å². The molecule has 1 nitrogen and oxygen atoms in total. The number of halogens is 2. The van der Waals surface area contributed by atoms with Crippen molar-refractivity contribution >= 4 is 27.5 Å². The third-order valence-corrected chi connectivity index (χ3v) is 3.66. The number of rotatable bonds is 7. The van der Waals surface area contributed by atoms with Crippen molar-refractivity contribution in [2.75, 3.05) is 6.54 Å². The van der Waals surface area contributed by atoms with Crippen molar-refractivity contribution in [1.29, 1.82) is 0 Å². The second-order valence-electron chi connectivity index (χ2n) is 4.67. The van der Waals surface area contributed by atoms with Crippen LogP contribution in [0.15, 0.2) is 34.8 Å². The number of nitrogens with one attached hydrogen (secondary N) is 1. The molecule has 100 valence electrons. The first kappa shape index (κ1) is 15.7. The second kappa shape index (κ2) is 7.98. The third kappa shape index (κ3) is 5.13. The molecular weight excluding hydrogens is 310 g/mol. The summed E-state index contributed by atoms with van der Waals surface area (Å²) in [7, 11) is 0. The van der Waals surface area contributed by atoms with Gasteiger partial charge < -0.3 is 5.32 Å². The maximum atomic E-state index is 6.33. The van der Waals surface area contributed by atoms with Gasteiger partial charge in [0.1, 0.15) is 0 Å². The maximum Gasteiger partial charge on any atom is 0.0465 e. The van der Waals surface area contributed by atoms with Gasteiger partial charge in [-0.1, -0.05) is 46.1 Å². The van der Waals surface area contributed by atoms with E-state index >= 15 is 0 Å². The molecule has 1 aromatic rings. The fourth-order valence-corrected chi connectivity index (χ4v) is 2.67. The van der Waals surface area contributed by atoms with Crippen molar-refractivity contribution in [3.63, 3.8) is 0 Å². The largest absolute Gasteiger partial charge is 0.310 e. The Morgan fingerprint density at radius 1 is 1.50 bits per heavy atom. The van der Waals surface area contributed by atoms with Gasteiger partial charge in [-0.15, -0.1) is 6.58 Å². The van der Waals surface area contributed by atoms with Crippen LogP contribution in [0.25, 0.3) is 0 Å². The smallest absolute Gasteiger partial charge is 0.0465 e. The summed E-state index contributed by atoms with van der Waals surface area (Å²) in [5, 5.41) is 4.38. The van der Waals surface area contributed by atoms with Crippen molar-refractivity contribution in [2.24, 2.45) is 0 Å². The quantitative estimate of drug-likeness (QED) is 0.651. The van der Waals surface area contributed by atoms with Crippen molar-refractivity contribution in [3.05, 3.63) is 45.4 Å². The molecule has 0 aliphatic heterocycles. The topological polar surface area (TPSA) is 12.0 Å². The SMILES string of the molecule is C=C(C)CCC(NCCC)c1ccc(Br)cc1Cl. The molecular formula is C15H21BrClN. The Kier molecular flexibility index (Phi) is 6.98. The van der Waals surface area contributed by atoms with Gasteiger partial charge in [-0.25, -0.2) is 0 Å². The summed E-state index contributed by atoms with van der Waals surface area (Å²) < 4.78 is 1.02. The lowest BCUT2D eigenvalue weighted by atomic mass is 9.99. The van der Waals surface area contributed by atoms with E-state index in [9.17, 15) is 0 Å². The average Bonchev–Trinajstić information content (AvgIpc) is 2.30. The summed E-state index contributed by atoms with van der Waals surface area (Å²) in [5.41, 5.74) is 2.39. The molecule has 0 radical (unpaired) electrons. The number of hydrogen-bond acceptors (Lipinski definition) is 1. The Bertz CT molecular complexity index is 403. The van der Waals surface area contributed by atoms with Gasteiger partial charge in [0.05, 0.1) is 0 Å². The van der Waals surface area contributed by atoms with Crippen LogP contribution >= 0.6 is 27.5 Å². The van der Waals surface area contributed by atoms with E-state index in [0.717, 1.165) is 35.3 Å². The first-order valence-electron chi connectivity index (χ1n) is 6.37. The van der Waals surface area contributed by atoms with E-state index in [-0.39, 0.29) is 0 Å². The lowest BCUT2D eigenvalue weighted by Crippen LogP contribution is -2.22. The molecule has 0 saturated carbocycles. The normalized spacial score (nSPS) is 12.4. The lowest BCUT2D eigenvalue weighted by molar-refractivity contribution is 0.499. The van der Waals surface area contributed by atoms with Gasteiger partial charge in [0.25, 0.3) is 0 Å². The molecule has 1 aromatic carbocycles. The van der Waals surface area contributed by atoms with Crippen molar-refractivity contribution in [2.45, 2.75) is 39.2 Å². The van der Waals surface area contributed by atoms with Gasteiger partial charge in [-0.3, -0.25) is 0 Å². The molecule has 0 aromatic heterocycles. The summed E-state index contributed by atoms with van der Waals surface area (Å²) >= 11 is 9.77. The Hall–Kier alpha value is -0.310. The van der Waals surface area contributed by atoms with Crippen molar-refractivity contribution in [1.82, 2.24) is 5.32 Å². The van der Waals surface area contributed by atoms with Crippen LogP contribution in [-0.4, -0.2) is 6.54 Å². The van der Waals surface area contributed by atoms with Gasteiger partial charge in [-0.05, 0) is 50.4 Å². The average molecular weight is 331 g/mol. The van der Waals surface area contributed by atoms with E-state index in [2.05, 4.69) is 47.7 Å². The van der Waals surface area contributed by atoms with Gasteiger partial charge in [0, 0.05) is 15.5 Å². The number of benzene rings is 1. The van der Waals surface area contributed by atoms with Crippen LogP contribution in [0.1, 0.15) is 44.7 Å². The molecule has 1 atom stereocenters. The molecule has 0 spiro atoms. The highest BCUT2D eigenvalue weighted by Gasteiger charge is 2.14. The Morgan fingerprint density at radius 2 is 2.22 bits per heavy atom. The predicted octanol–water partition coefficient (Wildman–Crippen LogP) is 5.50. The summed E-state index contributed by atoms with van der Waals surface area (Å²) in [5.74, 6) is 0. The van der Waals surface area contributed by atoms with Crippen LogP contribution in [0, 0.1) is 0 Å². The monoisotopic (exact) mass is 329 g/mol. The highest BCUT2D eigenvalue weighted by Crippen LogP contribution is 2.29. The summed E-state index contributed by atoms with van der Waals surface area (Å²) in [6, 6.07) is 6.40. The van der Waals surface area contributed by atoms with Crippen LogP contribution in [-0.2, 0) is 0 Å². The standard InChI is InChI=1S/C15H21BrClN/c1-4-9-18-15(8-5-11(2)3)13-7-6-12(16)10-14(13)17/h6-7,10,15,18H,2,4-5,8-9H2,1,3H3. The minimum atomic E-state index is 0.308. The third-order valence-electron chi connectivity index (χ3n) is 2.84. The zero-order chi connectivity index (χ0) is 13.5. The van der Waals surface area contributed by atoms with Crippen LogP contribution in [0.2, 0.25) is 5.02 Å². The molecule has 1 unspecified atom stereocenters. The van der Waals surface area contributed by atoms with Crippen LogP contribution in [0.3, 0.4) is 0 Å². The molecule has 1 N–H and O–H groups in total. The molecule has 0 bridgehead atoms. The van der Waals surface area contributed by atoms with E-state index in [1.54, 1.807) is 0 Å². The van der Waals surface area contributed by atoms with E-state index in [0.29, 0.717) is 6.04 Å². The Balaban J connectivity index is 2.82. The van der Waals surface area contributed by atoms with E-state index in [1.807, 2.05) is 12.1 Å². The zero-order valence-corrected chi connectivity index (χ0v) is 13.4. The molecule has 0 heterocycles. The molecule has 0 fully saturated rings. The van der Waals surface area contributed by atoms with Gasteiger partial charge in [0.2, 0.25) is 0 Å². The highest BCUT2D eigenvalue weighted by atomic mass is 79.9. The van der Waals surface area contributed by atoms with Crippen LogP contribution < -0.4 is 5.32 Å². The van der Waals surface area contributed by atoms with E-state index in [4.69, 9.17) is 11.6 Å². The van der Waals surface area contributed by atoms with Gasteiger partial charge >= 0.3 is 0 Å². The summed E-state index contributed by atoms with van der Waals surface area (Å²) in [4.78, 5) is 0. The molecule has 0 saturated heterocycles. The van der Waals surface area contributed by atoms with Gasteiger partial charge in [0.15, 0.2) is 0 Å². The van der Waals surface area contributed by atoms with E-state index in [1.165, 1.54) is 11.1 Å². The lowest BCUT2D eigenvalue weighted by Gasteiger charge is -2.20. The molecule has 18 heavy (non-hydrogen) atoms. The minimum Gasteiger partial charge on any atom is -0.310 e. The Morgan fingerprint density at radius 3 is 2.78 bits per heavy atom. The highest BCUT2D eigenvalue weighted by molar-refractivity contribution is 9.10. The van der Waals surface area contributed by atoms with E-state index < -0.39 is 0 Å². The molecule has 0 aliphatic carbocycles.